The van der Waals surface area contributed by atoms with Crippen LogP contribution in [0.1, 0.15) is 49.8 Å². The fraction of sp³-hybridized carbons (Fsp3) is 0.333. The number of rotatable bonds is 10. The number of likely N-dealkylation sites (N-methyl/N-ethyl adjacent to an activating group) is 1. The van der Waals surface area contributed by atoms with E-state index in [0.29, 0.717) is 19.4 Å². The van der Waals surface area contributed by atoms with Crippen molar-refractivity contribution in [2.24, 2.45) is 0 Å². The number of fused-ring (bicyclic) bond motifs is 3. The van der Waals surface area contributed by atoms with Crippen LogP contribution in [0.5, 0.6) is 5.75 Å². The predicted molar refractivity (Wildman–Crippen MR) is 153 cm³/mol. The molecule has 0 radical (unpaired) electrons. The Hall–Kier alpha value is -4.06. The van der Waals surface area contributed by atoms with Crippen molar-refractivity contribution in [3.8, 4) is 16.9 Å². The number of benzene rings is 3. The molecule has 1 atom stereocenters. The number of carbonyl (C=O) groups excluding carboxylic acids is 2. The first-order valence-corrected chi connectivity index (χ1v) is 13.3. The molecule has 0 fully saturated rings. The quantitative estimate of drug-likeness (QED) is 0.215. The van der Waals surface area contributed by atoms with Crippen LogP contribution in [0.3, 0.4) is 0 Å². The Morgan fingerprint density at radius 1 is 0.949 bits per heavy atom. The first-order chi connectivity index (χ1) is 18.7. The molecule has 0 spiro atoms. The highest BCUT2D eigenvalue weighted by atomic mass is 16.6. The van der Waals surface area contributed by atoms with Gasteiger partial charge in [-0.05, 0) is 73.6 Å². The Morgan fingerprint density at radius 3 is 2.10 bits per heavy atom. The van der Waals surface area contributed by atoms with E-state index >= 15 is 0 Å². The standard InChI is InChI=1S/C33H37NO5/c1-6-21-37-24-18-15-23(16-19-24)17-20-30(31(35)39-33(2,3)4)34(5)32(36)38-22-29-27-13-9-7-11-25(27)26-12-8-10-14-28(26)29/h6-16,18-19,29-30H,1,17,20-22H2,2-5H3. The van der Waals surface area contributed by atoms with Crippen LogP contribution in [0.15, 0.2) is 85.5 Å². The van der Waals surface area contributed by atoms with E-state index in [0.717, 1.165) is 33.6 Å². The molecule has 3 aromatic carbocycles. The molecular weight excluding hydrogens is 490 g/mol. The van der Waals surface area contributed by atoms with Gasteiger partial charge in [0.1, 0.15) is 30.6 Å². The number of amides is 1. The van der Waals surface area contributed by atoms with Crippen molar-refractivity contribution in [2.45, 2.75) is 51.2 Å². The highest BCUT2D eigenvalue weighted by Crippen LogP contribution is 2.44. The van der Waals surface area contributed by atoms with Gasteiger partial charge in [-0.15, -0.1) is 0 Å². The van der Waals surface area contributed by atoms with Crippen LogP contribution < -0.4 is 4.74 Å². The van der Waals surface area contributed by atoms with E-state index in [2.05, 4.69) is 30.8 Å². The average molecular weight is 528 g/mol. The maximum Gasteiger partial charge on any atom is 0.410 e. The minimum atomic E-state index is -0.795. The molecule has 6 heteroatoms. The summed E-state index contributed by atoms with van der Waals surface area (Å²) >= 11 is 0. The summed E-state index contributed by atoms with van der Waals surface area (Å²) in [4.78, 5) is 27.8. The zero-order valence-corrected chi connectivity index (χ0v) is 23.2. The zero-order valence-electron chi connectivity index (χ0n) is 23.2. The fourth-order valence-corrected chi connectivity index (χ4v) is 4.87. The molecule has 1 unspecified atom stereocenters. The van der Waals surface area contributed by atoms with Gasteiger partial charge in [0, 0.05) is 13.0 Å². The molecule has 0 bridgehead atoms. The van der Waals surface area contributed by atoms with Gasteiger partial charge in [0.05, 0.1) is 0 Å². The van der Waals surface area contributed by atoms with Crippen LogP contribution >= 0.6 is 0 Å². The van der Waals surface area contributed by atoms with Crippen molar-refractivity contribution in [3.63, 3.8) is 0 Å². The maximum absolute atomic E-state index is 13.3. The number of esters is 1. The number of carbonyl (C=O) groups is 2. The normalized spacial score (nSPS) is 13.1. The third kappa shape index (κ3) is 6.88. The van der Waals surface area contributed by atoms with Crippen molar-refractivity contribution in [3.05, 3.63) is 102 Å². The van der Waals surface area contributed by atoms with Crippen molar-refractivity contribution in [1.82, 2.24) is 4.90 Å². The molecule has 0 saturated heterocycles. The Bertz CT molecular complexity index is 1260. The monoisotopic (exact) mass is 527 g/mol. The van der Waals surface area contributed by atoms with Gasteiger partial charge in [-0.2, -0.15) is 0 Å². The van der Waals surface area contributed by atoms with Crippen molar-refractivity contribution >= 4 is 12.1 Å². The number of hydrogen-bond donors (Lipinski definition) is 0. The Labute approximate surface area is 231 Å². The van der Waals surface area contributed by atoms with Crippen LogP contribution in [-0.4, -0.2) is 48.9 Å². The Kier molecular flexibility index (Phi) is 8.75. The van der Waals surface area contributed by atoms with Crippen molar-refractivity contribution in [1.29, 1.82) is 0 Å². The van der Waals surface area contributed by atoms with E-state index in [4.69, 9.17) is 14.2 Å². The second-order valence-corrected chi connectivity index (χ2v) is 10.7. The molecule has 0 aliphatic heterocycles. The van der Waals surface area contributed by atoms with Crippen LogP contribution in [0.2, 0.25) is 0 Å². The predicted octanol–water partition coefficient (Wildman–Crippen LogP) is 6.78. The van der Waals surface area contributed by atoms with Gasteiger partial charge in [-0.1, -0.05) is 73.3 Å². The lowest BCUT2D eigenvalue weighted by Crippen LogP contribution is -2.46. The van der Waals surface area contributed by atoms with E-state index in [1.807, 2.05) is 69.3 Å². The highest BCUT2D eigenvalue weighted by molar-refractivity contribution is 5.82. The van der Waals surface area contributed by atoms with Gasteiger partial charge in [0.25, 0.3) is 0 Å². The van der Waals surface area contributed by atoms with E-state index in [1.54, 1.807) is 13.1 Å². The van der Waals surface area contributed by atoms with E-state index in [1.165, 1.54) is 4.90 Å². The Morgan fingerprint density at radius 2 is 1.54 bits per heavy atom. The van der Waals surface area contributed by atoms with Gasteiger partial charge in [-0.25, -0.2) is 9.59 Å². The largest absolute Gasteiger partial charge is 0.490 e. The van der Waals surface area contributed by atoms with Gasteiger partial charge in [-0.3, -0.25) is 4.90 Å². The van der Waals surface area contributed by atoms with Crippen LogP contribution in [0.25, 0.3) is 11.1 Å². The maximum atomic E-state index is 13.3. The number of hydrogen-bond acceptors (Lipinski definition) is 5. The summed E-state index contributed by atoms with van der Waals surface area (Å²) in [5, 5.41) is 0. The number of ether oxygens (including phenoxy) is 3. The minimum Gasteiger partial charge on any atom is -0.490 e. The molecule has 0 heterocycles. The molecule has 204 valence electrons. The van der Waals surface area contributed by atoms with Crippen LogP contribution in [-0.2, 0) is 20.7 Å². The summed E-state index contributed by atoms with van der Waals surface area (Å²) < 4.78 is 17.0. The first kappa shape index (κ1) is 28.0. The lowest BCUT2D eigenvalue weighted by Gasteiger charge is -2.30. The van der Waals surface area contributed by atoms with Crippen molar-refractivity contribution < 1.29 is 23.8 Å². The summed E-state index contributed by atoms with van der Waals surface area (Å²) in [6, 6.07) is 23.3. The molecule has 4 rings (SSSR count). The molecule has 1 aliphatic rings. The molecule has 39 heavy (non-hydrogen) atoms. The van der Waals surface area contributed by atoms with Crippen LogP contribution in [0.4, 0.5) is 4.79 Å². The first-order valence-electron chi connectivity index (χ1n) is 13.3. The summed E-state index contributed by atoms with van der Waals surface area (Å²) in [6.45, 7) is 9.73. The lowest BCUT2D eigenvalue weighted by molar-refractivity contribution is -0.160. The zero-order chi connectivity index (χ0) is 28.0. The molecule has 3 aromatic rings. The molecule has 1 aliphatic carbocycles. The number of aryl methyl sites for hydroxylation is 1. The van der Waals surface area contributed by atoms with Crippen LogP contribution in [0, 0.1) is 0 Å². The minimum absolute atomic E-state index is 0.0588. The summed E-state index contributed by atoms with van der Waals surface area (Å²) in [6.07, 6.45) is 2.11. The smallest absolute Gasteiger partial charge is 0.410 e. The van der Waals surface area contributed by atoms with E-state index in [-0.39, 0.29) is 12.5 Å². The second-order valence-electron chi connectivity index (χ2n) is 10.7. The van der Waals surface area contributed by atoms with E-state index < -0.39 is 23.7 Å². The van der Waals surface area contributed by atoms with Gasteiger partial charge >= 0.3 is 12.1 Å². The molecule has 0 saturated carbocycles. The van der Waals surface area contributed by atoms with Gasteiger partial charge in [0.2, 0.25) is 0 Å². The summed E-state index contributed by atoms with van der Waals surface area (Å²) in [5.41, 5.74) is 4.94. The fourth-order valence-electron chi connectivity index (χ4n) is 4.87. The molecule has 6 nitrogen and oxygen atoms in total. The average Bonchev–Trinajstić information content (AvgIpc) is 3.24. The molecule has 1 amide bonds. The number of nitrogens with zero attached hydrogens (tertiary/aromatic N) is 1. The third-order valence-electron chi connectivity index (χ3n) is 6.77. The molecule has 0 aromatic heterocycles. The van der Waals surface area contributed by atoms with Gasteiger partial charge < -0.3 is 14.2 Å². The van der Waals surface area contributed by atoms with Gasteiger partial charge in [0.15, 0.2) is 0 Å². The SMILES string of the molecule is C=CCOc1ccc(CCC(C(=O)OC(C)(C)C)N(C)C(=O)OCC2c3ccccc3-c3ccccc32)cc1. The molecular formula is C33H37NO5. The lowest BCUT2D eigenvalue weighted by atomic mass is 9.98. The molecule has 0 N–H and O–H groups in total. The summed E-state index contributed by atoms with van der Waals surface area (Å²) in [7, 11) is 1.60. The highest BCUT2D eigenvalue weighted by Gasteiger charge is 2.34. The topological polar surface area (TPSA) is 65.1 Å². The third-order valence-corrected chi connectivity index (χ3v) is 6.77. The Balaban J connectivity index is 1.45. The van der Waals surface area contributed by atoms with Crippen molar-refractivity contribution in [2.75, 3.05) is 20.3 Å². The summed E-state index contributed by atoms with van der Waals surface area (Å²) in [5.74, 6) is 0.235. The van der Waals surface area contributed by atoms with E-state index in [9.17, 15) is 9.59 Å². The second kappa shape index (κ2) is 12.2.